The molecule has 1 atom stereocenters. The highest BCUT2D eigenvalue weighted by Crippen LogP contribution is 2.18. The van der Waals surface area contributed by atoms with Crippen LogP contribution in [0.1, 0.15) is 23.9 Å². The molecule has 1 fully saturated rings. The van der Waals surface area contributed by atoms with Crippen LogP contribution in [0.15, 0.2) is 6.07 Å². The summed E-state index contributed by atoms with van der Waals surface area (Å²) in [5, 5.41) is 23.0. The fourth-order valence-electron chi connectivity index (χ4n) is 3.01. The van der Waals surface area contributed by atoms with Crippen LogP contribution in [-0.4, -0.2) is 85.8 Å². The molecule has 4 amide bonds. The van der Waals surface area contributed by atoms with Crippen LogP contribution in [-0.2, 0) is 22.7 Å². The van der Waals surface area contributed by atoms with Gasteiger partial charge in [-0.1, -0.05) is 0 Å². The smallest absolute Gasteiger partial charge is 0.327 e. The lowest BCUT2D eigenvalue weighted by molar-refractivity contribution is -0.136. The van der Waals surface area contributed by atoms with Gasteiger partial charge >= 0.3 is 6.03 Å². The van der Waals surface area contributed by atoms with Crippen LogP contribution in [0.4, 0.5) is 4.79 Å². The summed E-state index contributed by atoms with van der Waals surface area (Å²) in [5.41, 5.74) is 1.10. The van der Waals surface area contributed by atoms with Crippen molar-refractivity contribution in [2.24, 2.45) is 0 Å². The minimum absolute atomic E-state index is 0.0126. The average molecular weight is 351 g/mol. The van der Waals surface area contributed by atoms with E-state index in [1.807, 2.05) is 0 Å². The normalized spacial score (nSPS) is 19.2. The standard InChI is InChI=1S/C15H21N5O5/c1-17-7-14(24)19(15(17)25)8-13(23)18-3-2-4-20-10(6-18)5-11(16-20)12(22)9-21/h5,12,21-22H,2-4,6-9H2,1H3/t12-/m1/s1. The lowest BCUT2D eigenvalue weighted by Gasteiger charge is -2.22. The van der Waals surface area contributed by atoms with Crippen molar-refractivity contribution in [2.45, 2.75) is 25.6 Å². The van der Waals surface area contributed by atoms with Gasteiger partial charge in [0.15, 0.2) is 0 Å². The number of rotatable bonds is 4. The first-order chi connectivity index (χ1) is 11.9. The summed E-state index contributed by atoms with van der Waals surface area (Å²) in [7, 11) is 1.52. The van der Waals surface area contributed by atoms with Gasteiger partial charge in [0.05, 0.1) is 24.5 Å². The molecule has 0 unspecified atom stereocenters. The molecule has 136 valence electrons. The van der Waals surface area contributed by atoms with Crippen LogP contribution in [0, 0.1) is 0 Å². The van der Waals surface area contributed by atoms with Gasteiger partial charge in [0, 0.05) is 20.1 Å². The zero-order chi connectivity index (χ0) is 18.1. The quantitative estimate of drug-likeness (QED) is 0.640. The Morgan fingerprint density at radius 1 is 1.32 bits per heavy atom. The number of carbonyl (C=O) groups is 3. The van der Waals surface area contributed by atoms with Crippen LogP contribution in [0.25, 0.3) is 0 Å². The second-order valence-electron chi connectivity index (χ2n) is 6.27. The molecule has 2 N–H and O–H groups in total. The van der Waals surface area contributed by atoms with Crippen molar-refractivity contribution in [3.05, 3.63) is 17.5 Å². The number of aliphatic hydroxyl groups is 2. The second kappa shape index (κ2) is 6.81. The summed E-state index contributed by atoms with van der Waals surface area (Å²) in [4.78, 5) is 40.1. The molecule has 1 aromatic rings. The van der Waals surface area contributed by atoms with Crippen LogP contribution in [0.2, 0.25) is 0 Å². The molecule has 1 aromatic heterocycles. The average Bonchev–Trinajstić information content (AvgIpc) is 3.01. The molecule has 10 heteroatoms. The van der Waals surface area contributed by atoms with Gasteiger partial charge in [0.1, 0.15) is 19.2 Å². The number of amides is 4. The number of imide groups is 1. The van der Waals surface area contributed by atoms with E-state index in [-0.39, 0.29) is 31.4 Å². The van der Waals surface area contributed by atoms with E-state index >= 15 is 0 Å². The van der Waals surface area contributed by atoms with Crippen molar-refractivity contribution >= 4 is 17.8 Å². The van der Waals surface area contributed by atoms with Gasteiger partial charge in [-0.3, -0.25) is 19.2 Å². The molecule has 3 rings (SSSR count). The van der Waals surface area contributed by atoms with Gasteiger partial charge in [-0.25, -0.2) is 4.79 Å². The van der Waals surface area contributed by atoms with Gasteiger partial charge in [0.25, 0.3) is 5.91 Å². The Kier molecular flexibility index (Phi) is 4.73. The number of aliphatic hydroxyl groups excluding tert-OH is 2. The largest absolute Gasteiger partial charge is 0.393 e. The van der Waals surface area contributed by atoms with Gasteiger partial charge in [0.2, 0.25) is 5.91 Å². The van der Waals surface area contributed by atoms with Crippen molar-refractivity contribution in [3.63, 3.8) is 0 Å². The maximum absolute atomic E-state index is 12.6. The number of urea groups is 1. The zero-order valence-corrected chi connectivity index (χ0v) is 14.0. The van der Waals surface area contributed by atoms with E-state index in [9.17, 15) is 19.5 Å². The third-order valence-corrected chi connectivity index (χ3v) is 4.42. The fraction of sp³-hybridized carbons (Fsp3) is 0.600. The third-order valence-electron chi connectivity index (χ3n) is 4.42. The van der Waals surface area contributed by atoms with Crippen LogP contribution in [0.3, 0.4) is 0 Å². The highest BCUT2D eigenvalue weighted by molar-refractivity contribution is 6.04. The Balaban J connectivity index is 1.71. The number of fused-ring (bicyclic) bond motifs is 1. The maximum Gasteiger partial charge on any atom is 0.327 e. The SMILES string of the molecule is CN1CC(=O)N(CC(=O)N2CCCn3nc([C@H](O)CO)cc3C2)C1=O. The number of hydrogen-bond acceptors (Lipinski definition) is 6. The lowest BCUT2D eigenvalue weighted by atomic mass is 10.2. The van der Waals surface area contributed by atoms with Crippen molar-refractivity contribution in [1.29, 1.82) is 0 Å². The van der Waals surface area contributed by atoms with Crippen molar-refractivity contribution in [2.75, 3.05) is 33.3 Å². The van der Waals surface area contributed by atoms with Crippen molar-refractivity contribution in [3.8, 4) is 0 Å². The fourth-order valence-corrected chi connectivity index (χ4v) is 3.01. The summed E-state index contributed by atoms with van der Waals surface area (Å²) < 4.78 is 1.71. The molecule has 1 saturated heterocycles. The minimum atomic E-state index is -1.06. The second-order valence-corrected chi connectivity index (χ2v) is 6.27. The summed E-state index contributed by atoms with van der Waals surface area (Å²) in [5.74, 6) is -0.690. The molecule has 0 radical (unpaired) electrons. The molecule has 0 bridgehead atoms. The van der Waals surface area contributed by atoms with E-state index in [0.29, 0.717) is 25.2 Å². The Morgan fingerprint density at radius 3 is 2.72 bits per heavy atom. The molecule has 0 spiro atoms. The monoisotopic (exact) mass is 351 g/mol. The molecule has 2 aliphatic heterocycles. The van der Waals surface area contributed by atoms with Crippen LogP contribution in [0.5, 0.6) is 0 Å². The number of aryl methyl sites for hydroxylation is 1. The Morgan fingerprint density at radius 2 is 2.08 bits per heavy atom. The third kappa shape index (κ3) is 3.35. The van der Waals surface area contributed by atoms with Crippen molar-refractivity contribution < 1.29 is 24.6 Å². The number of carbonyl (C=O) groups excluding carboxylic acids is 3. The summed E-state index contributed by atoms with van der Waals surface area (Å²) in [6.45, 7) is 0.638. The zero-order valence-electron chi connectivity index (χ0n) is 14.0. The number of aromatic nitrogens is 2. The first kappa shape index (κ1) is 17.4. The summed E-state index contributed by atoms with van der Waals surface area (Å²) >= 11 is 0. The minimum Gasteiger partial charge on any atom is -0.393 e. The molecule has 0 saturated carbocycles. The maximum atomic E-state index is 12.6. The van der Waals surface area contributed by atoms with Gasteiger partial charge in [-0.2, -0.15) is 5.10 Å². The summed E-state index contributed by atoms with van der Waals surface area (Å²) in [6.07, 6.45) is -0.393. The Hall–Kier alpha value is -2.46. The molecular formula is C15H21N5O5. The number of hydrogen-bond donors (Lipinski definition) is 2. The van der Waals surface area contributed by atoms with Gasteiger partial charge in [-0.05, 0) is 12.5 Å². The van der Waals surface area contributed by atoms with E-state index in [1.54, 1.807) is 15.6 Å². The first-order valence-corrected chi connectivity index (χ1v) is 8.09. The predicted molar refractivity (Wildman–Crippen MR) is 84.0 cm³/mol. The summed E-state index contributed by atoms with van der Waals surface area (Å²) in [6, 6.07) is 1.19. The van der Waals surface area contributed by atoms with E-state index in [1.165, 1.54) is 11.9 Å². The highest BCUT2D eigenvalue weighted by Gasteiger charge is 2.36. The van der Waals surface area contributed by atoms with E-state index in [4.69, 9.17) is 5.11 Å². The molecule has 25 heavy (non-hydrogen) atoms. The van der Waals surface area contributed by atoms with Gasteiger partial charge < -0.3 is 20.0 Å². The molecule has 0 aromatic carbocycles. The molecular weight excluding hydrogens is 330 g/mol. The van der Waals surface area contributed by atoms with Gasteiger partial charge in [-0.15, -0.1) is 0 Å². The Bertz CT molecular complexity index is 702. The highest BCUT2D eigenvalue weighted by atomic mass is 16.3. The predicted octanol–water partition coefficient (Wildman–Crippen LogP) is -1.46. The number of likely N-dealkylation sites (N-methyl/N-ethyl adjacent to an activating group) is 1. The van der Waals surface area contributed by atoms with E-state index in [0.717, 1.165) is 10.6 Å². The molecule has 0 aliphatic carbocycles. The van der Waals surface area contributed by atoms with E-state index < -0.39 is 18.7 Å². The Labute approximate surface area is 144 Å². The molecule has 10 nitrogen and oxygen atoms in total. The first-order valence-electron chi connectivity index (χ1n) is 8.09. The molecule has 2 aliphatic rings. The topological polar surface area (TPSA) is 119 Å². The molecule has 3 heterocycles. The van der Waals surface area contributed by atoms with Crippen LogP contribution < -0.4 is 0 Å². The lowest BCUT2D eigenvalue weighted by Crippen LogP contribution is -2.43. The van der Waals surface area contributed by atoms with E-state index in [2.05, 4.69) is 5.10 Å². The number of nitrogens with zero attached hydrogens (tertiary/aromatic N) is 5. The van der Waals surface area contributed by atoms with Crippen molar-refractivity contribution in [1.82, 2.24) is 24.5 Å². The van der Waals surface area contributed by atoms with Crippen LogP contribution >= 0.6 is 0 Å².